The Kier molecular flexibility index (Phi) is 6.45. The van der Waals surface area contributed by atoms with Crippen molar-refractivity contribution in [1.29, 1.82) is 0 Å². The second-order valence-corrected chi connectivity index (χ2v) is 7.53. The highest BCUT2D eigenvalue weighted by atomic mass is 16.5. The average molecular weight is 346 g/mol. The molecule has 1 fully saturated rings. The lowest BCUT2D eigenvalue weighted by molar-refractivity contribution is -0.140. The summed E-state index contributed by atoms with van der Waals surface area (Å²) < 4.78 is 5.74. The molecule has 0 saturated carbocycles. The Morgan fingerprint density at radius 2 is 1.68 bits per heavy atom. The van der Waals surface area contributed by atoms with Crippen molar-refractivity contribution >= 4 is 11.8 Å². The molecule has 5 heteroatoms. The molecule has 0 unspecified atom stereocenters. The minimum atomic E-state index is -0.383. The molecule has 0 bridgehead atoms. The van der Waals surface area contributed by atoms with Gasteiger partial charge in [0, 0.05) is 31.6 Å². The van der Waals surface area contributed by atoms with Crippen molar-refractivity contribution in [3.8, 4) is 5.75 Å². The number of benzene rings is 1. The van der Waals surface area contributed by atoms with E-state index < -0.39 is 0 Å². The van der Waals surface area contributed by atoms with Crippen molar-refractivity contribution in [3.05, 3.63) is 29.8 Å². The van der Waals surface area contributed by atoms with Gasteiger partial charge in [-0.15, -0.1) is 0 Å². The number of ether oxygens (including phenoxy) is 1. The van der Waals surface area contributed by atoms with Gasteiger partial charge >= 0.3 is 0 Å². The minimum Gasteiger partial charge on any atom is -0.483 e. The van der Waals surface area contributed by atoms with E-state index in [1.54, 1.807) is 0 Å². The number of hydrogen-bond acceptors (Lipinski definition) is 3. The Morgan fingerprint density at radius 1 is 1.04 bits per heavy atom. The van der Waals surface area contributed by atoms with Crippen LogP contribution in [0.5, 0.6) is 5.75 Å². The van der Waals surface area contributed by atoms with Gasteiger partial charge < -0.3 is 14.5 Å². The van der Waals surface area contributed by atoms with E-state index in [2.05, 4.69) is 6.92 Å². The van der Waals surface area contributed by atoms with Crippen LogP contribution in [0.2, 0.25) is 0 Å². The molecule has 1 aromatic rings. The fourth-order valence-corrected chi connectivity index (χ4v) is 3.01. The van der Waals surface area contributed by atoms with Gasteiger partial charge in [0.05, 0.1) is 0 Å². The molecule has 0 aliphatic carbocycles. The van der Waals surface area contributed by atoms with Crippen LogP contribution >= 0.6 is 0 Å². The van der Waals surface area contributed by atoms with E-state index in [0.29, 0.717) is 26.2 Å². The highest BCUT2D eigenvalue weighted by Crippen LogP contribution is 2.20. The third-order valence-electron chi connectivity index (χ3n) is 4.48. The van der Waals surface area contributed by atoms with Gasteiger partial charge in [0.15, 0.2) is 6.61 Å². The van der Waals surface area contributed by atoms with Gasteiger partial charge in [-0.05, 0) is 24.5 Å². The van der Waals surface area contributed by atoms with Crippen molar-refractivity contribution in [2.45, 2.75) is 40.5 Å². The Hall–Kier alpha value is -2.04. The highest BCUT2D eigenvalue weighted by molar-refractivity contribution is 5.82. The number of amides is 2. The Balaban J connectivity index is 1.89. The molecule has 2 amide bonds. The maximum absolute atomic E-state index is 12.5. The van der Waals surface area contributed by atoms with Gasteiger partial charge in [0.1, 0.15) is 5.75 Å². The average Bonchev–Trinajstić information content (AvgIpc) is 2.84. The molecule has 5 nitrogen and oxygen atoms in total. The number of aryl methyl sites for hydroxylation is 1. The van der Waals surface area contributed by atoms with Crippen LogP contribution in [0.3, 0.4) is 0 Å². The fraction of sp³-hybridized carbons (Fsp3) is 0.600. The van der Waals surface area contributed by atoms with Crippen LogP contribution in [-0.2, 0) is 16.0 Å². The second-order valence-electron chi connectivity index (χ2n) is 7.53. The maximum atomic E-state index is 12.5. The van der Waals surface area contributed by atoms with Crippen molar-refractivity contribution < 1.29 is 14.3 Å². The molecule has 0 atom stereocenters. The third-order valence-corrected chi connectivity index (χ3v) is 4.48. The van der Waals surface area contributed by atoms with Crippen molar-refractivity contribution in [1.82, 2.24) is 9.80 Å². The molecule has 1 heterocycles. The first-order valence-corrected chi connectivity index (χ1v) is 9.10. The van der Waals surface area contributed by atoms with E-state index in [-0.39, 0.29) is 23.8 Å². The molecule has 1 aromatic carbocycles. The van der Waals surface area contributed by atoms with Crippen molar-refractivity contribution in [3.63, 3.8) is 0 Å². The molecular formula is C20H30N2O3. The van der Waals surface area contributed by atoms with E-state index in [0.717, 1.165) is 24.2 Å². The molecule has 138 valence electrons. The first-order valence-electron chi connectivity index (χ1n) is 9.10. The number of nitrogens with zero attached hydrogens (tertiary/aromatic N) is 2. The van der Waals surface area contributed by atoms with E-state index >= 15 is 0 Å². The first kappa shape index (κ1) is 19.3. The molecule has 25 heavy (non-hydrogen) atoms. The van der Waals surface area contributed by atoms with E-state index in [9.17, 15) is 9.59 Å². The summed E-state index contributed by atoms with van der Waals surface area (Å²) in [7, 11) is 0. The van der Waals surface area contributed by atoms with Gasteiger partial charge in [0.2, 0.25) is 5.91 Å². The second kappa shape index (κ2) is 8.37. The molecule has 2 rings (SSSR count). The normalized spacial score (nSPS) is 15.7. The van der Waals surface area contributed by atoms with Gasteiger partial charge in [-0.3, -0.25) is 9.59 Å². The molecule has 0 radical (unpaired) electrons. The lowest BCUT2D eigenvalue weighted by Gasteiger charge is -2.28. The smallest absolute Gasteiger partial charge is 0.260 e. The highest BCUT2D eigenvalue weighted by Gasteiger charge is 2.29. The summed E-state index contributed by atoms with van der Waals surface area (Å²) >= 11 is 0. The van der Waals surface area contributed by atoms with E-state index in [4.69, 9.17) is 4.74 Å². The predicted molar refractivity (Wildman–Crippen MR) is 98.5 cm³/mol. The Labute approximate surface area is 150 Å². The lowest BCUT2D eigenvalue weighted by Crippen LogP contribution is -2.42. The van der Waals surface area contributed by atoms with Gasteiger partial charge in [-0.1, -0.05) is 45.9 Å². The van der Waals surface area contributed by atoms with Crippen LogP contribution in [0.25, 0.3) is 0 Å². The lowest BCUT2D eigenvalue weighted by atomic mass is 9.94. The summed E-state index contributed by atoms with van der Waals surface area (Å²) in [4.78, 5) is 28.6. The Morgan fingerprint density at radius 3 is 2.36 bits per heavy atom. The van der Waals surface area contributed by atoms with Gasteiger partial charge in [-0.2, -0.15) is 0 Å². The maximum Gasteiger partial charge on any atom is 0.260 e. The molecule has 0 spiro atoms. The van der Waals surface area contributed by atoms with Gasteiger partial charge in [-0.25, -0.2) is 0 Å². The van der Waals surface area contributed by atoms with Crippen molar-refractivity contribution in [2.24, 2.45) is 5.41 Å². The van der Waals surface area contributed by atoms with Gasteiger partial charge in [0.25, 0.3) is 5.91 Å². The predicted octanol–water partition coefficient (Wildman–Crippen LogP) is 2.73. The summed E-state index contributed by atoms with van der Waals surface area (Å²) in [5, 5.41) is 0. The van der Waals surface area contributed by atoms with Crippen LogP contribution in [0.1, 0.15) is 39.7 Å². The Bertz CT molecular complexity index is 607. The fourth-order valence-electron chi connectivity index (χ4n) is 3.01. The molecule has 1 aliphatic rings. The van der Waals surface area contributed by atoms with Crippen LogP contribution in [0.4, 0.5) is 0 Å². The molecule has 0 N–H and O–H groups in total. The molecule has 1 saturated heterocycles. The van der Waals surface area contributed by atoms with E-state index in [1.165, 1.54) is 0 Å². The summed E-state index contributed by atoms with van der Waals surface area (Å²) in [6.45, 7) is 10.5. The van der Waals surface area contributed by atoms with Crippen LogP contribution in [0, 0.1) is 5.41 Å². The number of carbonyl (C=O) groups is 2. The number of hydrogen-bond donors (Lipinski definition) is 0. The third kappa shape index (κ3) is 5.21. The number of carbonyl (C=O) groups excluding carboxylic acids is 2. The first-order chi connectivity index (χ1) is 11.8. The van der Waals surface area contributed by atoms with Crippen molar-refractivity contribution in [2.75, 3.05) is 32.8 Å². The topological polar surface area (TPSA) is 49.9 Å². The zero-order valence-electron chi connectivity index (χ0n) is 15.9. The quantitative estimate of drug-likeness (QED) is 0.842. The summed E-state index contributed by atoms with van der Waals surface area (Å²) in [5.74, 6) is 0.906. The van der Waals surface area contributed by atoms with Crippen LogP contribution in [0.15, 0.2) is 24.3 Å². The summed E-state index contributed by atoms with van der Waals surface area (Å²) in [5.41, 5.74) is 0.722. The summed E-state index contributed by atoms with van der Waals surface area (Å²) in [6, 6.07) is 7.81. The monoisotopic (exact) mass is 346 g/mol. The SMILES string of the molecule is CCc1ccccc1OCC(=O)N1CCCN(C(=O)C(C)(C)C)CC1. The zero-order chi connectivity index (χ0) is 18.4. The molecule has 0 aromatic heterocycles. The summed E-state index contributed by atoms with van der Waals surface area (Å²) in [6.07, 6.45) is 1.68. The largest absolute Gasteiger partial charge is 0.483 e. The van der Waals surface area contributed by atoms with Crippen LogP contribution in [-0.4, -0.2) is 54.4 Å². The number of rotatable bonds is 4. The molecular weight excluding hydrogens is 316 g/mol. The zero-order valence-corrected chi connectivity index (χ0v) is 15.9. The van der Waals surface area contributed by atoms with E-state index in [1.807, 2.05) is 54.8 Å². The standard InChI is InChI=1S/C20H30N2O3/c1-5-16-9-6-7-10-17(16)25-15-18(23)21-11-8-12-22(14-13-21)19(24)20(2,3)4/h6-7,9-10H,5,8,11-15H2,1-4H3. The minimum absolute atomic E-state index is 0.0176. The number of para-hydroxylation sites is 1. The van der Waals surface area contributed by atoms with Crippen LogP contribution < -0.4 is 4.74 Å². The molecule has 1 aliphatic heterocycles.